The van der Waals surface area contributed by atoms with E-state index in [-0.39, 0.29) is 0 Å². The average molecular weight is 308 g/mol. The molecule has 6 nitrogen and oxygen atoms in total. The Morgan fingerprint density at radius 2 is 1.96 bits per heavy atom. The number of anilines is 1. The number of hydrogen-bond acceptors (Lipinski definition) is 5. The second kappa shape index (κ2) is 5.62. The molecule has 3 aromatic rings. The molecular weight excluding hydrogens is 288 g/mol. The summed E-state index contributed by atoms with van der Waals surface area (Å²) in [5, 5.41) is 5.31. The molecule has 0 atom stereocenters. The second-order valence-corrected chi connectivity index (χ2v) is 6.16. The van der Waals surface area contributed by atoms with Gasteiger partial charge in [-0.15, -0.1) is 0 Å². The van der Waals surface area contributed by atoms with Gasteiger partial charge < -0.3 is 4.90 Å². The van der Waals surface area contributed by atoms with Crippen molar-refractivity contribution in [3.8, 4) is 0 Å². The molecule has 4 rings (SSSR count). The molecule has 0 aliphatic carbocycles. The molecular formula is C17H20N6. The van der Waals surface area contributed by atoms with Crippen LogP contribution in [0, 0.1) is 0 Å². The van der Waals surface area contributed by atoms with Crippen LogP contribution in [0.1, 0.15) is 5.56 Å². The first-order chi connectivity index (χ1) is 11.2. The molecule has 0 spiro atoms. The lowest BCUT2D eigenvalue weighted by Gasteiger charge is -2.44. The van der Waals surface area contributed by atoms with Gasteiger partial charge in [0.1, 0.15) is 12.1 Å². The largest absolute Gasteiger partial charge is 0.353 e. The molecule has 1 aromatic carbocycles. The fourth-order valence-electron chi connectivity index (χ4n) is 3.11. The van der Waals surface area contributed by atoms with Crippen LogP contribution in [-0.4, -0.2) is 50.8 Å². The van der Waals surface area contributed by atoms with Crippen LogP contribution in [-0.2, 0) is 13.6 Å². The Bertz CT molecular complexity index is 806. The Hall–Kier alpha value is -2.47. The summed E-state index contributed by atoms with van der Waals surface area (Å²) in [6.07, 6.45) is 3.48. The highest BCUT2D eigenvalue weighted by molar-refractivity contribution is 5.87. The van der Waals surface area contributed by atoms with Gasteiger partial charge in [0.05, 0.1) is 11.6 Å². The van der Waals surface area contributed by atoms with Gasteiger partial charge in [-0.25, -0.2) is 9.97 Å². The van der Waals surface area contributed by atoms with Gasteiger partial charge in [0, 0.05) is 32.7 Å². The minimum Gasteiger partial charge on any atom is -0.353 e. The zero-order valence-corrected chi connectivity index (χ0v) is 13.4. The number of fused-ring (bicyclic) bond motifs is 1. The molecule has 0 amide bonds. The normalized spacial score (nSPS) is 15.3. The van der Waals surface area contributed by atoms with Crippen LogP contribution in [0.4, 0.5) is 5.82 Å². The maximum absolute atomic E-state index is 4.46. The Labute approximate surface area is 135 Å². The molecule has 0 saturated carbocycles. The molecule has 0 radical (unpaired) electrons. The van der Waals surface area contributed by atoms with Gasteiger partial charge in [0.2, 0.25) is 0 Å². The maximum Gasteiger partial charge on any atom is 0.163 e. The molecule has 6 heteroatoms. The first kappa shape index (κ1) is 14.1. The van der Waals surface area contributed by atoms with Crippen molar-refractivity contribution in [3.05, 3.63) is 48.4 Å². The number of likely N-dealkylation sites (N-methyl/N-ethyl adjacent to an activating group) is 1. The van der Waals surface area contributed by atoms with E-state index < -0.39 is 0 Å². The first-order valence-electron chi connectivity index (χ1n) is 7.84. The van der Waals surface area contributed by atoms with Gasteiger partial charge in [-0.05, 0) is 12.6 Å². The quantitative estimate of drug-likeness (QED) is 0.734. The van der Waals surface area contributed by atoms with Crippen LogP contribution in [0.25, 0.3) is 11.0 Å². The summed E-state index contributed by atoms with van der Waals surface area (Å²) in [6, 6.07) is 11.2. The molecule has 1 saturated heterocycles. The van der Waals surface area contributed by atoms with Crippen LogP contribution in [0.5, 0.6) is 0 Å². The Morgan fingerprint density at radius 1 is 1.17 bits per heavy atom. The summed E-state index contributed by atoms with van der Waals surface area (Å²) in [7, 11) is 4.10. The highest BCUT2D eigenvalue weighted by atomic mass is 15.3. The highest BCUT2D eigenvalue weighted by Gasteiger charge is 2.32. The number of aryl methyl sites for hydroxylation is 1. The molecule has 1 fully saturated rings. The third-order valence-corrected chi connectivity index (χ3v) is 4.57. The van der Waals surface area contributed by atoms with E-state index in [1.165, 1.54) is 5.56 Å². The van der Waals surface area contributed by atoms with Crippen molar-refractivity contribution in [2.75, 3.05) is 25.0 Å². The monoisotopic (exact) mass is 308 g/mol. The van der Waals surface area contributed by atoms with Crippen molar-refractivity contribution in [1.82, 2.24) is 24.6 Å². The summed E-state index contributed by atoms with van der Waals surface area (Å²) >= 11 is 0. The summed E-state index contributed by atoms with van der Waals surface area (Å²) < 4.78 is 1.79. The highest BCUT2D eigenvalue weighted by Crippen LogP contribution is 2.27. The summed E-state index contributed by atoms with van der Waals surface area (Å²) in [5.41, 5.74) is 2.24. The van der Waals surface area contributed by atoms with E-state index in [1.807, 2.05) is 13.2 Å². The zero-order valence-electron chi connectivity index (χ0n) is 13.4. The van der Waals surface area contributed by atoms with Gasteiger partial charge in [-0.3, -0.25) is 9.58 Å². The SMILES string of the molecule is CN(Cc1ccccc1)C1CN(c2ncnc3c2cnn3C)C1. The maximum atomic E-state index is 4.46. The molecule has 0 N–H and O–H groups in total. The predicted molar refractivity (Wildman–Crippen MR) is 90.2 cm³/mol. The van der Waals surface area contributed by atoms with E-state index in [0.29, 0.717) is 6.04 Å². The van der Waals surface area contributed by atoms with Crippen molar-refractivity contribution in [2.24, 2.45) is 7.05 Å². The van der Waals surface area contributed by atoms with Gasteiger partial charge in [0.15, 0.2) is 5.65 Å². The van der Waals surface area contributed by atoms with Crippen LogP contribution in [0.15, 0.2) is 42.9 Å². The van der Waals surface area contributed by atoms with Gasteiger partial charge in [-0.2, -0.15) is 5.10 Å². The molecule has 2 aromatic heterocycles. The fourth-order valence-corrected chi connectivity index (χ4v) is 3.11. The van der Waals surface area contributed by atoms with E-state index in [0.717, 1.165) is 36.5 Å². The number of nitrogens with zero attached hydrogens (tertiary/aromatic N) is 6. The lowest BCUT2D eigenvalue weighted by Crippen LogP contribution is -2.58. The van der Waals surface area contributed by atoms with Crippen molar-refractivity contribution in [2.45, 2.75) is 12.6 Å². The number of aromatic nitrogens is 4. The van der Waals surface area contributed by atoms with Crippen molar-refractivity contribution in [3.63, 3.8) is 0 Å². The predicted octanol–water partition coefficient (Wildman–Crippen LogP) is 1.68. The molecule has 1 aliphatic rings. The van der Waals surface area contributed by atoms with Gasteiger partial charge in [-0.1, -0.05) is 30.3 Å². The molecule has 0 bridgehead atoms. The van der Waals surface area contributed by atoms with E-state index in [9.17, 15) is 0 Å². The molecule has 3 heterocycles. The van der Waals surface area contributed by atoms with E-state index in [4.69, 9.17) is 0 Å². The van der Waals surface area contributed by atoms with Crippen LogP contribution < -0.4 is 4.90 Å². The average Bonchev–Trinajstić information content (AvgIpc) is 2.89. The third kappa shape index (κ3) is 2.55. The molecule has 1 aliphatic heterocycles. The first-order valence-corrected chi connectivity index (χ1v) is 7.84. The number of benzene rings is 1. The molecule has 118 valence electrons. The van der Waals surface area contributed by atoms with Crippen LogP contribution in [0.3, 0.4) is 0 Å². The fraction of sp³-hybridized carbons (Fsp3) is 0.353. The standard InChI is InChI=1S/C17H20N6/c1-21(9-13-6-4-3-5-7-13)14-10-23(11-14)17-15-8-20-22(2)16(15)18-12-19-17/h3-8,12,14H,9-11H2,1-2H3. The minimum absolute atomic E-state index is 0.553. The zero-order chi connectivity index (χ0) is 15.8. The summed E-state index contributed by atoms with van der Waals surface area (Å²) in [6.45, 7) is 2.96. The summed E-state index contributed by atoms with van der Waals surface area (Å²) in [5.74, 6) is 0.993. The molecule has 23 heavy (non-hydrogen) atoms. The number of hydrogen-bond donors (Lipinski definition) is 0. The lowest BCUT2D eigenvalue weighted by molar-refractivity contribution is 0.197. The lowest BCUT2D eigenvalue weighted by atomic mass is 10.1. The Kier molecular flexibility index (Phi) is 3.46. The number of rotatable bonds is 4. The van der Waals surface area contributed by atoms with E-state index in [1.54, 1.807) is 11.0 Å². The Morgan fingerprint density at radius 3 is 2.74 bits per heavy atom. The second-order valence-electron chi connectivity index (χ2n) is 6.16. The molecule has 0 unspecified atom stereocenters. The Balaban J connectivity index is 1.44. The topological polar surface area (TPSA) is 50.1 Å². The van der Waals surface area contributed by atoms with Crippen LogP contribution in [0.2, 0.25) is 0 Å². The van der Waals surface area contributed by atoms with Crippen molar-refractivity contribution in [1.29, 1.82) is 0 Å². The summed E-state index contributed by atoms with van der Waals surface area (Å²) in [4.78, 5) is 13.5. The van der Waals surface area contributed by atoms with Gasteiger partial charge >= 0.3 is 0 Å². The van der Waals surface area contributed by atoms with Crippen molar-refractivity contribution < 1.29 is 0 Å². The van der Waals surface area contributed by atoms with Crippen molar-refractivity contribution >= 4 is 16.9 Å². The smallest absolute Gasteiger partial charge is 0.163 e. The minimum atomic E-state index is 0.553. The van der Waals surface area contributed by atoms with Crippen LogP contribution >= 0.6 is 0 Å². The van der Waals surface area contributed by atoms with E-state index in [2.05, 4.69) is 62.2 Å². The van der Waals surface area contributed by atoms with E-state index >= 15 is 0 Å². The third-order valence-electron chi connectivity index (χ3n) is 4.57. The van der Waals surface area contributed by atoms with Gasteiger partial charge in [0.25, 0.3) is 0 Å².